The average Bonchev–Trinajstić information content (AvgIpc) is 3.04. The van der Waals surface area contributed by atoms with E-state index in [1.54, 1.807) is 24.3 Å². The van der Waals surface area contributed by atoms with E-state index in [1.165, 1.54) is 0 Å². The highest BCUT2D eigenvalue weighted by Gasteiger charge is 2.21. The van der Waals surface area contributed by atoms with Crippen molar-refractivity contribution in [1.82, 2.24) is 19.9 Å². The molecule has 3 rings (SSSR count). The number of likely N-dealkylation sites (N-methyl/N-ethyl adjacent to an activating group) is 1. The first-order valence-corrected chi connectivity index (χ1v) is 8.12. The van der Waals surface area contributed by atoms with E-state index in [9.17, 15) is 9.90 Å². The Balaban J connectivity index is 1.55. The quantitative estimate of drug-likeness (QED) is 0.885. The van der Waals surface area contributed by atoms with Gasteiger partial charge in [-0.1, -0.05) is 5.16 Å². The highest BCUT2D eigenvalue weighted by molar-refractivity contribution is 5.78. The van der Waals surface area contributed by atoms with E-state index in [4.69, 9.17) is 4.52 Å². The van der Waals surface area contributed by atoms with E-state index in [2.05, 4.69) is 10.1 Å². The molecule has 0 aliphatic carbocycles. The topological polar surface area (TPSA) is 82.7 Å². The van der Waals surface area contributed by atoms with Crippen LogP contribution in [0.3, 0.4) is 0 Å². The third-order valence-corrected chi connectivity index (χ3v) is 4.19. The first-order chi connectivity index (χ1) is 11.6. The smallest absolute Gasteiger partial charge is 0.236 e. The van der Waals surface area contributed by atoms with Gasteiger partial charge in [-0.25, -0.2) is 0 Å². The van der Waals surface area contributed by atoms with Crippen LogP contribution >= 0.6 is 0 Å². The molecule has 0 unspecified atom stereocenters. The Morgan fingerprint density at radius 3 is 3.00 bits per heavy atom. The summed E-state index contributed by atoms with van der Waals surface area (Å²) in [5.41, 5.74) is 1.66. The maximum Gasteiger partial charge on any atom is 0.236 e. The monoisotopic (exact) mass is 330 g/mol. The van der Waals surface area contributed by atoms with Gasteiger partial charge in [-0.2, -0.15) is 0 Å². The van der Waals surface area contributed by atoms with Gasteiger partial charge in [-0.3, -0.25) is 14.7 Å². The fourth-order valence-electron chi connectivity index (χ4n) is 2.85. The van der Waals surface area contributed by atoms with Crippen LogP contribution in [0.25, 0.3) is 11.3 Å². The number of pyridine rings is 1. The highest BCUT2D eigenvalue weighted by atomic mass is 16.5. The van der Waals surface area contributed by atoms with Crippen LogP contribution in [-0.4, -0.2) is 63.7 Å². The van der Waals surface area contributed by atoms with Crippen molar-refractivity contribution >= 4 is 5.91 Å². The number of amides is 1. The fraction of sp³-hybridized carbons (Fsp3) is 0.471. The summed E-state index contributed by atoms with van der Waals surface area (Å²) in [5, 5.41) is 13.7. The van der Waals surface area contributed by atoms with Gasteiger partial charge in [-0.05, 0) is 31.5 Å². The molecular formula is C17H22N4O3. The molecule has 1 aliphatic rings. The summed E-state index contributed by atoms with van der Waals surface area (Å²) in [6, 6.07) is 5.56. The summed E-state index contributed by atoms with van der Waals surface area (Å²) < 4.78 is 5.33. The number of hydrogen-bond acceptors (Lipinski definition) is 6. The van der Waals surface area contributed by atoms with Crippen molar-refractivity contribution in [2.24, 2.45) is 0 Å². The van der Waals surface area contributed by atoms with E-state index in [0.29, 0.717) is 25.4 Å². The van der Waals surface area contributed by atoms with Crippen LogP contribution < -0.4 is 0 Å². The zero-order valence-electron chi connectivity index (χ0n) is 13.8. The molecule has 7 nitrogen and oxygen atoms in total. The van der Waals surface area contributed by atoms with Gasteiger partial charge in [0.25, 0.3) is 0 Å². The van der Waals surface area contributed by atoms with Crippen molar-refractivity contribution in [2.45, 2.75) is 25.5 Å². The van der Waals surface area contributed by atoms with E-state index < -0.39 is 0 Å². The SMILES string of the molecule is CN(Cc1cc(-c2ccncc2)no1)C(=O)CN1CCC[C@H](O)C1. The second-order valence-corrected chi connectivity index (χ2v) is 6.20. The molecule has 2 aromatic heterocycles. The van der Waals surface area contributed by atoms with E-state index in [0.717, 1.165) is 30.6 Å². The molecule has 2 aromatic rings. The summed E-state index contributed by atoms with van der Waals surface area (Å²) in [4.78, 5) is 19.9. The molecule has 1 atom stereocenters. The number of aromatic nitrogens is 2. The van der Waals surface area contributed by atoms with E-state index >= 15 is 0 Å². The van der Waals surface area contributed by atoms with Gasteiger partial charge < -0.3 is 14.5 Å². The zero-order valence-corrected chi connectivity index (χ0v) is 13.8. The lowest BCUT2D eigenvalue weighted by atomic mass is 10.1. The Labute approximate surface area is 140 Å². The molecule has 1 saturated heterocycles. The highest BCUT2D eigenvalue weighted by Crippen LogP contribution is 2.18. The number of carbonyl (C=O) groups is 1. The van der Waals surface area contributed by atoms with Crippen molar-refractivity contribution in [3.05, 3.63) is 36.4 Å². The van der Waals surface area contributed by atoms with Gasteiger partial charge in [0.2, 0.25) is 5.91 Å². The number of hydrogen-bond donors (Lipinski definition) is 1. The van der Waals surface area contributed by atoms with E-state index in [-0.39, 0.29) is 12.0 Å². The lowest BCUT2D eigenvalue weighted by Gasteiger charge is -2.30. The Morgan fingerprint density at radius 1 is 1.46 bits per heavy atom. The number of aliphatic hydroxyl groups is 1. The van der Waals surface area contributed by atoms with Crippen LogP contribution in [0.4, 0.5) is 0 Å². The third-order valence-electron chi connectivity index (χ3n) is 4.19. The van der Waals surface area contributed by atoms with E-state index in [1.807, 2.05) is 23.1 Å². The molecular weight excluding hydrogens is 308 g/mol. The van der Waals surface area contributed by atoms with Crippen molar-refractivity contribution in [1.29, 1.82) is 0 Å². The summed E-state index contributed by atoms with van der Waals surface area (Å²) in [6.45, 7) is 2.10. The van der Waals surface area contributed by atoms with Crippen LogP contribution in [0.2, 0.25) is 0 Å². The average molecular weight is 330 g/mol. The summed E-state index contributed by atoms with van der Waals surface area (Å²) in [6.07, 6.45) is 4.82. The Hall–Kier alpha value is -2.25. The Bertz CT molecular complexity index is 673. The fourth-order valence-corrected chi connectivity index (χ4v) is 2.85. The Kier molecular flexibility index (Phi) is 5.22. The maximum absolute atomic E-state index is 12.3. The van der Waals surface area contributed by atoms with Crippen molar-refractivity contribution in [3.8, 4) is 11.3 Å². The predicted molar refractivity (Wildman–Crippen MR) is 87.9 cm³/mol. The zero-order chi connectivity index (χ0) is 16.9. The molecule has 7 heteroatoms. The van der Waals surface area contributed by atoms with Crippen molar-refractivity contribution < 1.29 is 14.4 Å². The van der Waals surface area contributed by atoms with Gasteiger partial charge >= 0.3 is 0 Å². The molecule has 24 heavy (non-hydrogen) atoms. The number of rotatable bonds is 5. The number of aliphatic hydroxyl groups excluding tert-OH is 1. The Morgan fingerprint density at radius 2 is 2.25 bits per heavy atom. The minimum Gasteiger partial charge on any atom is -0.392 e. The molecule has 3 heterocycles. The number of β-amino-alcohol motifs (C(OH)–C–C–N with tert-alkyl or cyclic N) is 1. The molecule has 0 bridgehead atoms. The molecule has 128 valence electrons. The summed E-state index contributed by atoms with van der Waals surface area (Å²) >= 11 is 0. The summed E-state index contributed by atoms with van der Waals surface area (Å²) in [5.74, 6) is 0.641. The van der Waals surface area contributed by atoms with Gasteiger partial charge in [0.05, 0.1) is 19.2 Å². The summed E-state index contributed by atoms with van der Waals surface area (Å²) in [7, 11) is 1.75. The predicted octanol–water partition coefficient (Wildman–Crippen LogP) is 1.15. The van der Waals surface area contributed by atoms with Crippen LogP contribution in [0.1, 0.15) is 18.6 Å². The minimum absolute atomic E-state index is 0.00552. The first kappa shape index (κ1) is 16.6. The number of likely N-dealkylation sites (tertiary alicyclic amines) is 1. The molecule has 0 aromatic carbocycles. The van der Waals surface area contributed by atoms with Crippen LogP contribution in [0.15, 0.2) is 35.1 Å². The van der Waals surface area contributed by atoms with Crippen LogP contribution in [0.5, 0.6) is 0 Å². The number of nitrogens with zero attached hydrogens (tertiary/aromatic N) is 4. The molecule has 1 N–H and O–H groups in total. The normalized spacial score (nSPS) is 18.5. The minimum atomic E-state index is -0.325. The maximum atomic E-state index is 12.3. The molecule has 1 amide bonds. The van der Waals surface area contributed by atoms with Gasteiger partial charge in [-0.15, -0.1) is 0 Å². The first-order valence-electron chi connectivity index (χ1n) is 8.12. The second kappa shape index (κ2) is 7.55. The van der Waals surface area contributed by atoms with Crippen molar-refractivity contribution in [2.75, 3.05) is 26.7 Å². The van der Waals surface area contributed by atoms with Crippen molar-refractivity contribution in [3.63, 3.8) is 0 Å². The van der Waals surface area contributed by atoms with Crippen LogP contribution in [-0.2, 0) is 11.3 Å². The molecule has 0 saturated carbocycles. The molecule has 1 aliphatic heterocycles. The number of carbonyl (C=O) groups excluding carboxylic acids is 1. The lowest BCUT2D eigenvalue weighted by Crippen LogP contribution is -2.44. The lowest BCUT2D eigenvalue weighted by molar-refractivity contribution is -0.132. The molecule has 0 radical (unpaired) electrons. The largest absolute Gasteiger partial charge is 0.392 e. The van der Waals surface area contributed by atoms with Gasteiger partial charge in [0, 0.05) is 37.6 Å². The van der Waals surface area contributed by atoms with Gasteiger partial charge in [0.15, 0.2) is 5.76 Å². The molecule has 1 fully saturated rings. The standard InChI is InChI=1S/C17H22N4O3/c1-20(17(23)12-21-8-2-3-14(22)10-21)11-15-9-16(19-24-15)13-4-6-18-7-5-13/h4-7,9,14,22H,2-3,8,10-12H2,1H3/t14-/m0/s1. The number of piperidine rings is 1. The molecule has 0 spiro atoms. The third kappa shape index (κ3) is 4.18. The second-order valence-electron chi connectivity index (χ2n) is 6.20. The van der Waals surface area contributed by atoms with Crippen LogP contribution in [0, 0.1) is 0 Å². The van der Waals surface area contributed by atoms with Gasteiger partial charge in [0.1, 0.15) is 5.69 Å².